The smallest absolute Gasteiger partial charge is 0.266 e. The largest absolute Gasteiger partial charge is 0.458 e. The van der Waals surface area contributed by atoms with Gasteiger partial charge in [-0.1, -0.05) is 72.8 Å². The number of benzene rings is 6. The van der Waals surface area contributed by atoms with Gasteiger partial charge in [-0.15, -0.1) is 0 Å². The minimum Gasteiger partial charge on any atom is -0.458 e. The van der Waals surface area contributed by atoms with Gasteiger partial charge in [0.25, 0.3) is 6.71 Å². The molecule has 0 atom stereocenters. The number of hydrogen-bond donors (Lipinski definition) is 0. The highest BCUT2D eigenvalue weighted by Gasteiger charge is 2.48. The zero-order valence-corrected chi connectivity index (χ0v) is 19.2. The third kappa shape index (κ3) is 2.20. The molecule has 0 spiro atoms. The summed E-state index contributed by atoms with van der Waals surface area (Å²) in [6.07, 6.45) is 0. The molecule has 4 heteroatoms. The van der Waals surface area contributed by atoms with Gasteiger partial charge in [-0.3, -0.25) is 0 Å². The maximum absolute atomic E-state index is 6.73. The topological polar surface area (TPSA) is 21.7 Å². The number of hydrogen-bond acceptors (Lipinski definition) is 3. The maximum Gasteiger partial charge on any atom is 0.266 e. The van der Waals surface area contributed by atoms with Crippen LogP contribution in [0.4, 0.5) is 17.1 Å². The van der Waals surface area contributed by atoms with Gasteiger partial charge in [0.1, 0.15) is 23.0 Å². The second-order valence-corrected chi connectivity index (χ2v) is 9.70. The van der Waals surface area contributed by atoms with Crippen LogP contribution < -0.4 is 30.8 Å². The number of fused-ring (bicyclic) bond motifs is 4. The molecule has 0 saturated heterocycles. The van der Waals surface area contributed by atoms with E-state index in [1.54, 1.807) is 0 Å². The number of ether oxygens (including phenoxy) is 2. The van der Waals surface area contributed by atoms with Crippen molar-refractivity contribution in [2.75, 3.05) is 4.90 Å². The average molecular weight is 459 g/mol. The van der Waals surface area contributed by atoms with Crippen LogP contribution >= 0.6 is 0 Å². The van der Waals surface area contributed by atoms with Gasteiger partial charge in [-0.05, 0) is 58.1 Å². The molecular formula is C32H18BNO2. The lowest BCUT2D eigenvalue weighted by Gasteiger charge is -2.43. The van der Waals surface area contributed by atoms with E-state index in [4.69, 9.17) is 9.47 Å². The molecule has 166 valence electrons. The molecule has 3 aliphatic rings. The predicted octanol–water partition coefficient (Wildman–Crippen LogP) is 6.50. The van der Waals surface area contributed by atoms with Crippen molar-refractivity contribution in [2.45, 2.75) is 0 Å². The Morgan fingerprint density at radius 3 is 1.61 bits per heavy atom. The number of para-hydroxylation sites is 1. The van der Waals surface area contributed by atoms with Gasteiger partial charge < -0.3 is 14.4 Å². The molecule has 0 fully saturated rings. The van der Waals surface area contributed by atoms with Gasteiger partial charge in [0, 0.05) is 33.3 Å². The highest BCUT2D eigenvalue weighted by Crippen LogP contribution is 2.49. The molecular weight excluding hydrogens is 441 g/mol. The quantitative estimate of drug-likeness (QED) is 0.262. The molecule has 3 aliphatic heterocycles. The summed E-state index contributed by atoms with van der Waals surface area (Å²) in [5, 5.41) is 4.61. The highest BCUT2D eigenvalue weighted by molar-refractivity contribution is 7.01. The van der Waals surface area contributed by atoms with Crippen LogP contribution in [0.2, 0.25) is 0 Å². The Hall–Kier alpha value is -4.70. The summed E-state index contributed by atoms with van der Waals surface area (Å²) in [4.78, 5) is 2.39. The minimum absolute atomic E-state index is 0.0443. The SMILES string of the molecule is c1ccc(N2c3cc4ccccc4c4c3B3c5c(cccc5Oc5c3c2cc2ccccc52)O4)cc1. The number of rotatable bonds is 1. The molecule has 3 heterocycles. The summed E-state index contributed by atoms with van der Waals surface area (Å²) in [5.41, 5.74) is 7.00. The summed E-state index contributed by atoms with van der Waals surface area (Å²) < 4.78 is 13.5. The van der Waals surface area contributed by atoms with Crippen LogP contribution in [0.1, 0.15) is 0 Å². The molecule has 0 amide bonds. The molecule has 6 aromatic carbocycles. The van der Waals surface area contributed by atoms with Gasteiger partial charge in [0.05, 0.1) is 0 Å². The maximum atomic E-state index is 6.73. The fourth-order valence-electron chi connectivity index (χ4n) is 6.40. The molecule has 0 saturated carbocycles. The van der Waals surface area contributed by atoms with Crippen LogP contribution in [0, 0.1) is 0 Å². The van der Waals surface area contributed by atoms with Crippen molar-refractivity contribution in [2.24, 2.45) is 0 Å². The first kappa shape index (κ1) is 18.6. The lowest BCUT2D eigenvalue weighted by Crippen LogP contribution is -2.61. The summed E-state index contributed by atoms with van der Waals surface area (Å²) >= 11 is 0. The van der Waals surface area contributed by atoms with Crippen LogP contribution in [0.15, 0.2) is 109 Å². The lowest BCUT2D eigenvalue weighted by molar-refractivity contribution is 0.469. The molecule has 0 unspecified atom stereocenters. The van der Waals surface area contributed by atoms with Crippen molar-refractivity contribution in [3.63, 3.8) is 0 Å². The van der Waals surface area contributed by atoms with E-state index in [0.29, 0.717) is 0 Å². The van der Waals surface area contributed by atoms with E-state index in [0.717, 1.165) is 56.3 Å². The van der Waals surface area contributed by atoms with Crippen molar-refractivity contribution < 1.29 is 9.47 Å². The van der Waals surface area contributed by atoms with E-state index in [-0.39, 0.29) is 6.71 Å². The normalized spacial score (nSPS) is 13.9. The van der Waals surface area contributed by atoms with Gasteiger partial charge in [0.2, 0.25) is 0 Å². The standard InChI is InChI=1S/C32H18BNO2/c1-2-11-21(12-3-1)34-24-17-19-9-4-6-13-22(19)31-28(24)33-29-25(34)18-20-10-5-7-14-23(20)32(29)36-27-16-8-15-26(35-31)30(27)33/h1-18H. The van der Waals surface area contributed by atoms with E-state index < -0.39 is 0 Å². The Bertz CT molecular complexity index is 1800. The summed E-state index contributed by atoms with van der Waals surface area (Å²) in [7, 11) is 0. The first-order valence-corrected chi connectivity index (χ1v) is 12.3. The van der Waals surface area contributed by atoms with Gasteiger partial charge in [-0.2, -0.15) is 0 Å². The van der Waals surface area contributed by atoms with Crippen molar-refractivity contribution >= 4 is 61.7 Å². The second-order valence-electron chi connectivity index (χ2n) is 9.70. The molecule has 0 aliphatic carbocycles. The molecule has 36 heavy (non-hydrogen) atoms. The first-order chi connectivity index (χ1) is 17.9. The molecule has 0 bridgehead atoms. The van der Waals surface area contributed by atoms with Crippen molar-refractivity contribution in [3.8, 4) is 23.0 Å². The lowest BCUT2D eigenvalue weighted by atomic mass is 9.33. The third-order valence-electron chi connectivity index (χ3n) is 7.85. The number of nitrogens with zero attached hydrogens (tertiary/aromatic N) is 1. The third-order valence-corrected chi connectivity index (χ3v) is 7.85. The van der Waals surface area contributed by atoms with E-state index in [2.05, 4.69) is 108 Å². The highest BCUT2D eigenvalue weighted by atomic mass is 16.5. The summed E-state index contributed by atoms with van der Waals surface area (Å²) in [6.45, 7) is 0.0443. The van der Waals surface area contributed by atoms with Crippen LogP contribution in [0.5, 0.6) is 23.0 Å². The monoisotopic (exact) mass is 459 g/mol. The average Bonchev–Trinajstić information content (AvgIpc) is 2.93. The summed E-state index contributed by atoms with van der Waals surface area (Å²) in [6, 6.07) is 38.5. The van der Waals surface area contributed by atoms with E-state index in [1.165, 1.54) is 21.7 Å². The fraction of sp³-hybridized carbons (Fsp3) is 0. The fourth-order valence-corrected chi connectivity index (χ4v) is 6.40. The van der Waals surface area contributed by atoms with Crippen molar-refractivity contribution in [1.82, 2.24) is 0 Å². The van der Waals surface area contributed by atoms with E-state index in [9.17, 15) is 0 Å². The van der Waals surface area contributed by atoms with Crippen LogP contribution in [0.25, 0.3) is 21.5 Å². The van der Waals surface area contributed by atoms with E-state index >= 15 is 0 Å². The first-order valence-electron chi connectivity index (χ1n) is 12.3. The van der Waals surface area contributed by atoms with Gasteiger partial charge in [0.15, 0.2) is 0 Å². The zero-order chi connectivity index (χ0) is 23.4. The Morgan fingerprint density at radius 2 is 1.03 bits per heavy atom. The molecule has 0 N–H and O–H groups in total. The summed E-state index contributed by atoms with van der Waals surface area (Å²) in [5.74, 6) is 3.66. The second kappa shape index (κ2) is 6.49. The Morgan fingerprint density at radius 1 is 0.500 bits per heavy atom. The van der Waals surface area contributed by atoms with Crippen molar-refractivity contribution in [1.29, 1.82) is 0 Å². The van der Waals surface area contributed by atoms with Gasteiger partial charge >= 0.3 is 0 Å². The molecule has 9 rings (SSSR count). The van der Waals surface area contributed by atoms with Crippen LogP contribution in [-0.2, 0) is 0 Å². The van der Waals surface area contributed by atoms with E-state index in [1.807, 2.05) is 6.07 Å². The molecule has 0 aromatic heterocycles. The zero-order valence-electron chi connectivity index (χ0n) is 19.2. The molecule has 6 aromatic rings. The minimum atomic E-state index is 0.0443. The Balaban J connectivity index is 1.51. The number of anilines is 3. The predicted molar refractivity (Wildman–Crippen MR) is 147 cm³/mol. The molecule has 0 radical (unpaired) electrons. The van der Waals surface area contributed by atoms with Crippen molar-refractivity contribution in [3.05, 3.63) is 109 Å². The van der Waals surface area contributed by atoms with Crippen LogP contribution in [0.3, 0.4) is 0 Å². The van der Waals surface area contributed by atoms with Crippen LogP contribution in [-0.4, -0.2) is 6.71 Å². The van der Waals surface area contributed by atoms with Gasteiger partial charge in [-0.25, -0.2) is 0 Å². The molecule has 3 nitrogen and oxygen atoms in total. The Labute approximate surface area is 208 Å². The Kier molecular flexibility index (Phi) is 3.36.